The Labute approximate surface area is 130 Å². The van der Waals surface area contributed by atoms with Crippen molar-refractivity contribution in [1.29, 1.82) is 0 Å². The summed E-state index contributed by atoms with van der Waals surface area (Å²) in [5.74, 6) is -0.687. The molecule has 0 aliphatic rings. The summed E-state index contributed by atoms with van der Waals surface area (Å²) in [4.78, 5) is 23.3. The Balaban J connectivity index is 2.52. The molecule has 6 heteroatoms. The van der Waals surface area contributed by atoms with E-state index in [2.05, 4.69) is 5.32 Å². The number of ether oxygens (including phenoxy) is 2. The summed E-state index contributed by atoms with van der Waals surface area (Å²) in [6.07, 6.45) is 2.13. The third-order valence-electron chi connectivity index (χ3n) is 3.12. The topological polar surface area (TPSA) is 84.9 Å². The highest BCUT2D eigenvalue weighted by atomic mass is 16.5. The van der Waals surface area contributed by atoms with Gasteiger partial charge in [-0.2, -0.15) is 0 Å². The monoisotopic (exact) mass is 309 g/mol. The molecule has 0 amide bonds. The molecule has 1 atom stereocenters. The third-order valence-corrected chi connectivity index (χ3v) is 3.12. The van der Waals surface area contributed by atoms with Crippen LogP contribution in [0, 0.1) is 0 Å². The molecule has 0 saturated heterocycles. The number of aromatic hydroxyl groups is 1. The first-order valence-electron chi connectivity index (χ1n) is 7.31. The lowest BCUT2D eigenvalue weighted by atomic mass is 10.1. The van der Waals surface area contributed by atoms with E-state index in [0.29, 0.717) is 13.0 Å². The average Bonchev–Trinajstić information content (AvgIpc) is 2.52. The number of benzene rings is 1. The summed E-state index contributed by atoms with van der Waals surface area (Å²) in [5, 5.41) is 12.1. The van der Waals surface area contributed by atoms with Gasteiger partial charge in [0.1, 0.15) is 11.8 Å². The molecule has 122 valence electrons. The lowest BCUT2D eigenvalue weighted by molar-refractivity contribution is -0.145. The number of methoxy groups -OCH3 is 1. The number of carbonyl (C=O) groups excluding carboxylic acids is 2. The first-order chi connectivity index (χ1) is 10.6. The van der Waals surface area contributed by atoms with E-state index in [9.17, 15) is 14.7 Å². The molecule has 0 heterocycles. The summed E-state index contributed by atoms with van der Waals surface area (Å²) < 4.78 is 9.76. The number of rotatable bonds is 9. The number of phenolic OH excluding ortho intramolecular Hbond substituents is 1. The van der Waals surface area contributed by atoms with Crippen LogP contribution in [0.5, 0.6) is 5.75 Å². The second-order valence-corrected chi connectivity index (χ2v) is 4.90. The van der Waals surface area contributed by atoms with Crippen LogP contribution in [0.2, 0.25) is 0 Å². The van der Waals surface area contributed by atoms with Crippen molar-refractivity contribution in [2.24, 2.45) is 0 Å². The maximum Gasteiger partial charge on any atom is 0.323 e. The summed E-state index contributed by atoms with van der Waals surface area (Å²) >= 11 is 0. The quantitative estimate of drug-likeness (QED) is 0.530. The molecule has 1 aromatic rings. The fourth-order valence-electron chi connectivity index (χ4n) is 1.84. The molecule has 0 bridgehead atoms. The Morgan fingerprint density at radius 2 is 1.95 bits per heavy atom. The van der Waals surface area contributed by atoms with Crippen LogP contribution in [0.15, 0.2) is 24.3 Å². The molecule has 0 aliphatic carbocycles. The van der Waals surface area contributed by atoms with Crippen molar-refractivity contribution in [2.75, 3.05) is 20.3 Å². The molecule has 1 aromatic carbocycles. The zero-order valence-corrected chi connectivity index (χ0v) is 13.0. The van der Waals surface area contributed by atoms with Crippen LogP contribution in [0.3, 0.4) is 0 Å². The highest BCUT2D eigenvalue weighted by Crippen LogP contribution is 2.11. The predicted octanol–water partition coefficient (Wildman–Crippen LogP) is 1.41. The van der Waals surface area contributed by atoms with Crippen LogP contribution in [-0.4, -0.2) is 43.3 Å². The fourth-order valence-corrected chi connectivity index (χ4v) is 1.84. The zero-order chi connectivity index (χ0) is 16.4. The molecular formula is C16H23NO5. The van der Waals surface area contributed by atoms with E-state index in [1.165, 1.54) is 7.11 Å². The van der Waals surface area contributed by atoms with Gasteiger partial charge in [0.25, 0.3) is 0 Å². The van der Waals surface area contributed by atoms with Gasteiger partial charge in [0, 0.05) is 0 Å². The molecule has 2 N–H and O–H groups in total. The molecule has 22 heavy (non-hydrogen) atoms. The fraction of sp³-hybridized carbons (Fsp3) is 0.500. The lowest BCUT2D eigenvalue weighted by Gasteiger charge is -2.16. The molecule has 1 rings (SSSR count). The van der Waals surface area contributed by atoms with Crippen LogP contribution < -0.4 is 5.32 Å². The molecular weight excluding hydrogens is 286 g/mol. The van der Waals surface area contributed by atoms with Crippen molar-refractivity contribution in [2.45, 2.75) is 32.2 Å². The lowest BCUT2D eigenvalue weighted by Crippen LogP contribution is -2.42. The standard InChI is InChI=1S/C16H23NO5/c1-3-4-9-22-15(19)11-17-14(16(20)21-2)10-12-5-7-13(18)8-6-12/h5-8,14,17-18H,3-4,9-11H2,1-2H3/t14-/m0/s1. The highest BCUT2D eigenvalue weighted by Gasteiger charge is 2.20. The average molecular weight is 309 g/mol. The van der Waals surface area contributed by atoms with Crippen LogP contribution in [0.25, 0.3) is 0 Å². The van der Waals surface area contributed by atoms with Gasteiger partial charge >= 0.3 is 11.9 Å². The third kappa shape index (κ3) is 6.58. The molecule has 0 spiro atoms. The van der Waals surface area contributed by atoms with Crippen molar-refractivity contribution >= 4 is 11.9 Å². The van der Waals surface area contributed by atoms with Crippen LogP contribution >= 0.6 is 0 Å². The number of hydrogen-bond acceptors (Lipinski definition) is 6. The van der Waals surface area contributed by atoms with E-state index in [4.69, 9.17) is 9.47 Å². The van der Waals surface area contributed by atoms with Crippen LogP contribution in [0.1, 0.15) is 25.3 Å². The predicted molar refractivity (Wildman–Crippen MR) is 81.5 cm³/mol. The highest BCUT2D eigenvalue weighted by molar-refractivity contribution is 5.78. The van der Waals surface area contributed by atoms with E-state index in [0.717, 1.165) is 18.4 Å². The molecule has 0 fully saturated rings. The minimum absolute atomic E-state index is 0.0540. The van der Waals surface area contributed by atoms with E-state index < -0.39 is 18.0 Å². The molecule has 0 saturated carbocycles. The molecule has 0 aromatic heterocycles. The Morgan fingerprint density at radius 3 is 2.55 bits per heavy atom. The Morgan fingerprint density at radius 1 is 1.27 bits per heavy atom. The minimum Gasteiger partial charge on any atom is -0.508 e. The van der Waals surface area contributed by atoms with Crippen LogP contribution in [-0.2, 0) is 25.5 Å². The summed E-state index contributed by atoms with van der Waals surface area (Å²) in [6, 6.07) is 5.87. The van der Waals surface area contributed by atoms with Gasteiger partial charge in [-0.15, -0.1) is 0 Å². The van der Waals surface area contributed by atoms with Crippen molar-refractivity contribution < 1.29 is 24.2 Å². The Bertz CT molecular complexity index is 472. The van der Waals surface area contributed by atoms with Gasteiger partial charge in [-0.3, -0.25) is 14.9 Å². The number of phenols is 1. The number of unbranched alkanes of at least 4 members (excludes halogenated alkanes) is 1. The van der Waals surface area contributed by atoms with E-state index >= 15 is 0 Å². The van der Waals surface area contributed by atoms with Crippen molar-refractivity contribution in [3.8, 4) is 5.75 Å². The van der Waals surface area contributed by atoms with Gasteiger partial charge < -0.3 is 14.6 Å². The van der Waals surface area contributed by atoms with E-state index in [-0.39, 0.29) is 12.3 Å². The zero-order valence-electron chi connectivity index (χ0n) is 13.0. The maximum atomic E-state index is 11.8. The number of hydrogen-bond donors (Lipinski definition) is 2. The van der Waals surface area contributed by atoms with E-state index in [1.54, 1.807) is 24.3 Å². The number of nitrogens with one attached hydrogen (secondary N) is 1. The number of esters is 2. The molecule has 6 nitrogen and oxygen atoms in total. The number of carbonyl (C=O) groups is 2. The second kappa shape index (κ2) is 9.78. The molecule has 0 radical (unpaired) electrons. The van der Waals surface area contributed by atoms with Gasteiger partial charge in [-0.25, -0.2) is 0 Å². The van der Waals surface area contributed by atoms with E-state index in [1.807, 2.05) is 6.92 Å². The smallest absolute Gasteiger partial charge is 0.323 e. The summed E-state index contributed by atoms with van der Waals surface area (Å²) in [7, 11) is 1.30. The van der Waals surface area contributed by atoms with Crippen molar-refractivity contribution in [1.82, 2.24) is 5.32 Å². The molecule has 0 aliphatic heterocycles. The first kappa shape index (κ1) is 18.0. The second-order valence-electron chi connectivity index (χ2n) is 4.90. The van der Waals surface area contributed by atoms with Gasteiger partial charge in [0.2, 0.25) is 0 Å². The van der Waals surface area contributed by atoms with Gasteiger partial charge in [-0.05, 0) is 30.5 Å². The van der Waals surface area contributed by atoms with Gasteiger partial charge in [0.15, 0.2) is 0 Å². The van der Waals surface area contributed by atoms with Gasteiger partial charge in [0.05, 0.1) is 20.3 Å². The van der Waals surface area contributed by atoms with Crippen molar-refractivity contribution in [3.63, 3.8) is 0 Å². The Kier molecular flexibility index (Phi) is 7.99. The van der Waals surface area contributed by atoms with Gasteiger partial charge in [-0.1, -0.05) is 25.5 Å². The molecule has 0 unspecified atom stereocenters. The first-order valence-corrected chi connectivity index (χ1v) is 7.31. The summed E-state index contributed by atoms with van der Waals surface area (Å²) in [6.45, 7) is 2.34. The largest absolute Gasteiger partial charge is 0.508 e. The van der Waals surface area contributed by atoms with Crippen LogP contribution in [0.4, 0.5) is 0 Å². The summed E-state index contributed by atoms with van der Waals surface area (Å²) in [5.41, 5.74) is 0.847. The normalized spacial score (nSPS) is 11.7. The van der Waals surface area contributed by atoms with Crippen molar-refractivity contribution in [3.05, 3.63) is 29.8 Å². The maximum absolute atomic E-state index is 11.8. The minimum atomic E-state index is -0.645. The SMILES string of the molecule is CCCCOC(=O)CN[C@@H](Cc1ccc(O)cc1)C(=O)OC. The Hall–Kier alpha value is -2.08.